The summed E-state index contributed by atoms with van der Waals surface area (Å²) in [5.41, 5.74) is 2.75. The van der Waals surface area contributed by atoms with Crippen LogP contribution in [0.1, 0.15) is 18.2 Å². The molecule has 0 saturated heterocycles. The van der Waals surface area contributed by atoms with Crippen LogP contribution in [0.25, 0.3) is 10.9 Å². The van der Waals surface area contributed by atoms with E-state index in [9.17, 15) is 4.39 Å². The Morgan fingerprint density at radius 2 is 1.89 bits per heavy atom. The molecule has 0 aliphatic carbocycles. The van der Waals surface area contributed by atoms with Gasteiger partial charge in [-0.1, -0.05) is 43.3 Å². The van der Waals surface area contributed by atoms with Gasteiger partial charge in [0, 0.05) is 18.3 Å². The number of aromatic nitrogens is 4. The van der Waals surface area contributed by atoms with Gasteiger partial charge in [0.25, 0.3) is 0 Å². The Balaban J connectivity index is 1.60. The van der Waals surface area contributed by atoms with E-state index in [0.29, 0.717) is 35.0 Å². The molecule has 4 rings (SSSR count). The molecule has 0 unspecified atom stereocenters. The van der Waals surface area contributed by atoms with Crippen molar-refractivity contribution in [2.24, 2.45) is 0 Å². The summed E-state index contributed by atoms with van der Waals surface area (Å²) in [5.74, 6) is 1.06. The lowest BCUT2D eigenvalue weighted by Gasteiger charge is -2.11. The first-order valence-corrected chi connectivity index (χ1v) is 9.28. The van der Waals surface area contributed by atoms with Gasteiger partial charge in [-0.3, -0.25) is 5.10 Å². The quantitative estimate of drug-likeness (QED) is 0.444. The summed E-state index contributed by atoms with van der Waals surface area (Å²) >= 11 is 0. The Hall–Kier alpha value is -3.48. The Morgan fingerprint density at radius 1 is 1.04 bits per heavy atom. The number of rotatable bonds is 7. The summed E-state index contributed by atoms with van der Waals surface area (Å²) in [4.78, 5) is 8.96. The van der Waals surface area contributed by atoms with Crippen LogP contribution in [0.4, 0.5) is 22.0 Å². The SMILES string of the molecule is CCc1cc(Nc2nc(NCCc3ccccc3)nc3cccc(F)c23)n[nH]1. The third-order valence-electron chi connectivity index (χ3n) is 4.47. The van der Waals surface area contributed by atoms with E-state index in [4.69, 9.17) is 0 Å². The highest BCUT2D eigenvalue weighted by molar-refractivity contribution is 5.92. The van der Waals surface area contributed by atoms with Crippen LogP contribution in [-0.4, -0.2) is 26.7 Å². The van der Waals surface area contributed by atoms with E-state index in [0.717, 1.165) is 18.5 Å². The van der Waals surface area contributed by atoms with Crippen molar-refractivity contribution < 1.29 is 4.39 Å². The van der Waals surface area contributed by atoms with Crippen LogP contribution < -0.4 is 10.6 Å². The number of aryl methyl sites for hydroxylation is 1. The van der Waals surface area contributed by atoms with Crippen molar-refractivity contribution >= 4 is 28.5 Å². The molecule has 0 fully saturated rings. The van der Waals surface area contributed by atoms with E-state index in [1.54, 1.807) is 12.1 Å². The lowest BCUT2D eigenvalue weighted by Crippen LogP contribution is -2.10. The first-order valence-electron chi connectivity index (χ1n) is 9.28. The lowest BCUT2D eigenvalue weighted by atomic mass is 10.1. The Labute approximate surface area is 162 Å². The number of hydrogen-bond acceptors (Lipinski definition) is 5. The molecule has 7 heteroatoms. The fraction of sp³-hybridized carbons (Fsp3) is 0.190. The van der Waals surface area contributed by atoms with E-state index in [-0.39, 0.29) is 5.82 Å². The van der Waals surface area contributed by atoms with Gasteiger partial charge in [-0.05, 0) is 30.5 Å². The number of hydrogen-bond donors (Lipinski definition) is 3. The Kier molecular flexibility index (Phi) is 5.14. The molecule has 2 aromatic carbocycles. The molecule has 28 heavy (non-hydrogen) atoms. The average Bonchev–Trinajstić information content (AvgIpc) is 3.16. The first kappa shape index (κ1) is 17.9. The Morgan fingerprint density at radius 3 is 2.68 bits per heavy atom. The van der Waals surface area contributed by atoms with Gasteiger partial charge in [0.2, 0.25) is 5.95 Å². The zero-order valence-corrected chi connectivity index (χ0v) is 15.5. The minimum Gasteiger partial charge on any atom is -0.354 e. The topological polar surface area (TPSA) is 78.5 Å². The van der Waals surface area contributed by atoms with Crippen molar-refractivity contribution in [3.8, 4) is 0 Å². The third-order valence-corrected chi connectivity index (χ3v) is 4.47. The molecule has 6 nitrogen and oxygen atoms in total. The number of nitrogens with zero attached hydrogens (tertiary/aromatic N) is 3. The van der Waals surface area contributed by atoms with Crippen molar-refractivity contribution in [2.75, 3.05) is 17.2 Å². The van der Waals surface area contributed by atoms with Crippen LogP contribution >= 0.6 is 0 Å². The maximum atomic E-state index is 14.5. The standard InChI is InChI=1S/C21H21FN6/c1-2-15-13-18(28-27-15)25-20-19-16(22)9-6-10-17(19)24-21(26-20)23-12-11-14-7-4-3-5-8-14/h3-10,13H,2,11-12H2,1H3,(H3,23,24,25,26,27,28). The molecular formula is C21H21FN6. The normalized spacial score (nSPS) is 10.9. The number of fused-ring (bicyclic) bond motifs is 1. The second kappa shape index (κ2) is 8.04. The zero-order chi connectivity index (χ0) is 19.3. The van der Waals surface area contributed by atoms with Gasteiger partial charge < -0.3 is 10.6 Å². The molecule has 3 N–H and O–H groups in total. The Bertz CT molecular complexity index is 1080. The number of halogens is 1. The molecule has 0 radical (unpaired) electrons. The number of nitrogens with one attached hydrogen (secondary N) is 3. The van der Waals surface area contributed by atoms with Crippen LogP contribution in [0.15, 0.2) is 54.6 Å². The van der Waals surface area contributed by atoms with Crippen molar-refractivity contribution in [3.63, 3.8) is 0 Å². The van der Waals surface area contributed by atoms with Gasteiger partial charge in [-0.15, -0.1) is 0 Å². The smallest absolute Gasteiger partial charge is 0.225 e. The molecule has 2 heterocycles. The summed E-state index contributed by atoms with van der Waals surface area (Å²) in [6.45, 7) is 2.71. The van der Waals surface area contributed by atoms with Gasteiger partial charge >= 0.3 is 0 Å². The predicted octanol–water partition coefficient (Wildman–Crippen LogP) is 4.45. The number of H-pyrrole nitrogens is 1. The highest BCUT2D eigenvalue weighted by atomic mass is 19.1. The summed E-state index contributed by atoms with van der Waals surface area (Å²) < 4.78 is 14.5. The van der Waals surface area contributed by atoms with Crippen molar-refractivity contribution in [1.29, 1.82) is 0 Å². The minimum atomic E-state index is -0.373. The van der Waals surface area contributed by atoms with Gasteiger partial charge in [0.15, 0.2) is 5.82 Å². The molecule has 0 amide bonds. The molecule has 0 spiro atoms. The fourth-order valence-corrected chi connectivity index (χ4v) is 3.00. The van der Waals surface area contributed by atoms with Crippen LogP contribution in [0.5, 0.6) is 0 Å². The molecule has 142 valence electrons. The number of aromatic amines is 1. The maximum absolute atomic E-state index is 14.5. The number of benzene rings is 2. The summed E-state index contributed by atoms with van der Waals surface area (Å²) in [6.07, 6.45) is 1.67. The summed E-state index contributed by atoms with van der Waals surface area (Å²) in [7, 11) is 0. The number of anilines is 3. The largest absolute Gasteiger partial charge is 0.354 e. The third kappa shape index (κ3) is 3.93. The van der Waals surface area contributed by atoms with Crippen LogP contribution in [0.3, 0.4) is 0 Å². The van der Waals surface area contributed by atoms with E-state index in [1.807, 2.05) is 31.2 Å². The van der Waals surface area contributed by atoms with Gasteiger partial charge in [0.05, 0.1) is 10.9 Å². The zero-order valence-electron chi connectivity index (χ0n) is 15.5. The first-order chi connectivity index (χ1) is 13.7. The van der Waals surface area contributed by atoms with E-state index >= 15 is 0 Å². The minimum absolute atomic E-state index is 0.345. The van der Waals surface area contributed by atoms with Crippen molar-refractivity contribution in [3.05, 3.63) is 71.7 Å². The van der Waals surface area contributed by atoms with Crippen LogP contribution in [0, 0.1) is 5.82 Å². The van der Waals surface area contributed by atoms with Gasteiger partial charge in [0.1, 0.15) is 11.6 Å². The molecule has 0 atom stereocenters. The predicted molar refractivity (Wildman–Crippen MR) is 109 cm³/mol. The lowest BCUT2D eigenvalue weighted by molar-refractivity contribution is 0.639. The second-order valence-corrected chi connectivity index (χ2v) is 6.45. The maximum Gasteiger partial charge on any atom is 0.225 e. The van der Waals surface area contributed by atoms with Gasteiger partial charge in [-0.2, -0.15) is 10.1 Å². The molecule has 2 aromatic heterocycles. The highest BCUT2D eigenvalue weighted by Crippen LogP contribution is 2.27. The van der Waals surface area contributed by atoms with Crippen LogP contribution in [0.2, 0.25) is 0 Å². The van der Waals surface area contributed by atoms with Crippen LogP contribution in [-0.2, 0) is 12.8 Å². The highest BCUT2D eigenvalue weighted by Gasteiger charge is 2.13. The summed E-state index contributed by atoms with van der Waals surface area (Å²) in [5, 5.41) is 13.8. The van der Waals surface area contributed by atoms with Crippen molar-refractivity contribution in [2.45, 2.75) is 19.8 Å². The van der Waals surface area contributed by atoms with Crippen molar-refractivity contribution in [1.82, 2.24) is 20.2 Å². The second-order valence-electron chi connectivity index (χ2n) is 6.45. The van der Waals surface area contributed by atoms with E-state index < -0.39 is 0 Å². The van der Waals surface area contributed by atoms with Gasteiger partial charge in [-0.25, -0.2) is 9.37 Å². The molecule has 0 bridgehead atoms. The fourth-order valence-electron chi connectivity index (χ4n) is 3.00. The van der Waals surface area contributed by atoms with E-state index in [2.05, 4.69) is 42.9 Å². The molecule has 4 aromatic rings. The molecular weight excluding hydrogens is 355 g/mol. The monoisotopic (exact) mass is 376 g/mol. The summed E-state index contributed by atoms with van der Waals surface area (Å²) in [6, 6.07) is 16.9. The average molecular weight is 376 g/mol. The molecule has 0 aliphatic rings. The van der Waals surface area contributed by atoms with E-state index in [1.165, 1.54) is 11.6 Å². The molecule has 0 saturated carbocycles. The molecule has 0 aliphatic heterocycles.